The van der Waals surface area contributed by atoms with Gasteiger partial charge in [-0.1, -0.05) is 27.7 Å². The predicted octanol–water partition coefficient (Wildman–Crippen LogP) is 2.03. The Morgan fingerprint density at radius 1 is 1.28 bits per heavy atom. The van der Waals surface area contributed by atoms with E-state index in [1.165, 1.54) is 4.52 Å². The molecule has 1 saturated heterocycles. The van der Waals surface area contributed by atoms with Crippen molar-refractivity contribution in [1.29, 1.82) is 0 Å². The summed E-state index contributed by atoms with van der Waals surface area (Å²) in [5.41, 5.74) is 2.17. The van der Waals surface area contributed by atoms with Crippen molar-refractivity contribution < 1.29 is 9.59 Å². The number of aromatic amines is 1. The number of H-pyrrole nitrogens is 1. The fourth-order valence-electron chi connectivity index (χ4n) is 4.42. The van der Waals surface area contributed by atoms with Gasteiger partial charge >= 0.3 is 0 Å². The van der Waals surface area contributed by atoms with Crippen LogP contribution in [-0.4, -0.2) is 49.3 Å². The number of amides is 2. The van der Waals surface area contributed by atoms with E-state index in [9.17, 15) is 14.4 Å². The van der Waals surface area contributed by atoms with Crippen molar-refractivity contribution in [1.82, 2.24) is 24.4 Å². The van der Waals surface area contributed by atoms with E-state index in [0.29, 0.717) is 42.8 Å². The molecule has 0 aliphatic carbocycles. The summed E-state index contributed by atoms with van der Waals surface area (Å²) in [6.45, 7) is 9.21. The number of likely N-dealkylation sites (tertiary alicyclic amines) is 1. The zero-order valence-corrected chi connectivity index (χ0v) is 17.6. The van der Waals surface area contributed by atoms with Gasteiger partial charge in [-0.25, -0.2) is 9.50 Å². The molecule has 2 aliphatic heterocycles. The molecule has 8 nitrogen and oxygen atoms in total. The number of fused-ring (bicyclic) bond motifs is 2. The number of rotatable bonds is 2. The van der Waals surface area contributed by atoms with Gasteiger partial charge in [0.1, 0.15) is 0 Å². The first-order valence-electron chi connectivity index (χ1n) is 10.4. The Hall–Kier alpha value is -2.64. The van der Waals surface area contributed by atoms with E-state index in [1.54, 1.807) is 4.90 Å². The second-order valence-corrected chi connectivity index (χ2v) is 9.07. The van der Waals surface area contributed by atoms with Crippen LogP contribution in [0.1, 0.15) is 70.0 Å². The molecule has 4 rings (SSSR count). The summed E-state index contributed by atoms with van der Waals surface area (Å²) in [6.07, 6.45) is 2.81. The van der Waals surface area contributed by atoms with Crippen LogP contribution in [0.15, 0.2) is 10.9 Å². The fraction of sp³-hybridized carbons (Fsp3) is 0.619. The molecule has 2 amide bonds. The summed E-state index contributed by atoms with van der Waals surface area (Å²) in [5, 5.41) is 3.19. The van der Waals surface area contributed by atoms with Gasteiger partial charge < -0.3 is 9.80 Å². The van der Waals surface area contributed by atoms with Gasteiger partial charge in [-0.3, -0.25) is 19.5 Å². The quantitative estimate of drug-likeness (QED) is 0.837. The Morgan fingerprint density at radius 2 is 2.03 bits per heavy atom. The third kappa shape index (κ3) is 3.34. The SMILES string of the molecule is CCC(=O)N1CCCC1c1cc2nc3c(c(=O)n2[nH]1)CCN(C(=O)C(C)(C)C)C3. The highest BCUT2D eigenvalue weighted by Crippen LogP contribution is 2.32. The van der Waals surface area contributed by atoms with Gasteiger partial charge in [-0.05, 0) is 19.3 Å². The molecule has 0 saturated carbocycles. The predicted molar refractivity (Wildman–Crippen MR) is 108 cm³/mol. The maximum atomic E-state index is 13.1. The number of aromatic nitrogens is 3. The summed E-state index contributed by atoms with van der Waals surface area (Å²) in [4.78, 5) is 46.4. The maximum absolute atomic E-state index is 13.1. The minimum absolute atomic E-state index is 0.0421. The smallest absolute Gasteiger partial charge is 0.276 e. The summed E-state index contributed by atoms with van der Waals surface area (Å²) < 4.78 is 1.49. The molecule has 4 heterocycles. The molecule has 2 aromatic heterocycles. The van der Waals surface area contributed by atoms with Crippen molar-refractivity contribution in [3.63, 3.8) is 0 Å². The topological polar surface area (TPSA) is 90.8 Å². The second kappa shape index (κ2) is 7.00. The molecule has 2 aromatic rings. The molecule has 156 valence electrons. The van der Waals surface area contributed by atoms with Crippen molar-refractivity contribution >= 4 is 17.5 Å². The van der Waals surface area contributed by atoms with Gasteiger partial charge in [0.25, 0.3) is 5.56 Å². The van der Waals surface area contributed by atoms with Gasteiger partial charge in [0.05, 0.1) is 24.0 Å². The Kier molecular flexibility index (Phi) is 4.75. The summed E-state index contributed by atoms with van der Waals surface area (Å²) in [5.74, 6) is 0.196. The van der Waals surface area contributed by atoms with Crippen molar-refractivity contribution in [2.75, 3.05) is 13.1 Å². The Labute approximate surface area is 169 Å². The van der Waals surface area contributed by atoms with Crippen molar-refractivity contribution in [3.05, 3.63) is 33.4 Å². The van der Waals surface area contributed by atoms with E-state index >= 15 is 0 Å². The highest BCUT2D eigenvalue weighted by Gasteiger charge is 2.33. The van der Waals surface area contributed by atoms with Gasteiger partial charge in [-0.15, -0.1) is 0 Å². The van der Waals surface area contributed by atoms with Crippen molar-refractivity contribution in [3.8, 4) is 0 Å². The molecule has 8 heteroatoms. The molecular weight excluding hydrogens is 370 g/mol. The summed E-state index contributed by atoms with van der Waals surface area (Å²) >= 11 is 0. The number of nitrogens with one attached hydrogen (secondary N) is 1. The molecular formula is C21H29N5O3. The van der Waals surface area contributed by atoms with Crippen LogP contribution in [0.25, 0.3) is 5.65 Å². The zero-order valence-electron chi connectivity index (χ0n) is 17.6. The fourth-order valence-corrected chi connectivity index (χ4v) is 4.42. The van der Waals surface area contributed by atoms with Crippen LogP contribution in [-0.2, 0) is 22.6 Å². The van der Waals surface area contributed by atoms with Crippen LogP contribution in [0, 0.1) is 5.41 Å². The first-order valence-corrected chi connectivity index (χ1v) is 10.4. The molecule has 1 unspecified atom stereocenters. The largest absolute Gasteiger partial charge is 0.336 e. The van der Waals surface area contributed by atoms with E-state index in [4.69, 9.17) is 4.98 Å². The number of hydrogen-bond donors (Lipinski definition) is 1. The van der Waals surface area contributed by atoms with Gasteiger partial charge in [-0.2, -0.15) is 0 Å². The first kappa shape index (κ1) is 19.7. The minimum atomic E-state index is -0.463. The lowest BCUT2D eigenvalue weighted by molar-refractivity contribution is -0.140. The van der Waals surface area contributed by atoms with Gasteiger partial charge in [0.2, 0.25) is 11.8 Å². The molecule has 0 spiro atoms. The molecule has 2 aliphatic rings. The summed E-state index contributed by atoms with van der Waals surface area (Å²) in [6, 6.07) is 1.83. The van der Waals surface area contributed by atoms with E-state index in [2.05, 4.69) is 5.10 Å². The monoisotopic (exact) mass is 399 g/mol. The minimum Gasteiger partial charge on any atom is -0.336 e. The second-order valence-electron chi connectivity index (χ2n) is 9.07. The Balaban J connectivity index is 1.69. The van der Waals surface area contributed by atoms with Crippen LogP contribution in [0.2, 0.25) is 0 Å². The van der Waals surface area contributed by atoms with E-state index in [-0.39, 0.29) is 23.4 Å². The number of carbonyl (C=O) groups excluding carboxylic acids is 2. The first-order chi connectivity index (χ1) is 13.7. The Bertz CT molecular complexity index is 1030. The molecule has 29 heavy (non-hydrogen) atoms. The zero-order chi connectivity index (χ0) is 20.9. The molecule has 1 N–H and O–H groups in total. The van der Waals surface area contributed by atoms with E-state index in [0.717, 1.165) is 25.1 Å². The average Bonchev–Trinajstić information content (AvgIpc) is 3.32. The van der Waals surface area contributed by atoms with Crippen LogP contribution in [0.5, 0.6) is 0 Å². The van der Waals surface area contributed by atoms with Crippen molar-refractivity contribution in [2.45, 2.75) is 66.0 Å². The lowest BCUT2D eigenvalue weighted by Gasteiger charge is -2.32. The standard InChI is InChI=1S/C21H29N5O3/c1-5-18(27)25-9-6-7-16(25)14-11-17-22-15-12-24(20(29)21(2,3)4)10-8-13(15)19(28)26(17)23-14/h11,16,23H,5-10,12H2,1-4H3. The number of hydrogen-bond acceptors (Lipinski definition) is 4. The van der Waals surface area contributed by atoms with Crippen LogP contribution in [0.4, 0.5) is 0 Å². The van der Waals surface area contributed by atoms with Crippen LogP contribution < -0.4 is 5.56 Å². The van der Waals surface area contributed by atoms with Crippen LogP contribution in [0.3, 0.4) is 0 Å². The van der Waals surface area contributed by atoms with E-state index < -0.39 is 5.41 Å². The number of carbonyl (C=O) groups is 2. The molecule has 0 aromatic carbocycles. The van der Waals surface area contributed by atoms with Crippen molar-refractivity contribution in [2.24, 2.45) is 5.41 Å². The highest BCUT2D eigenvalue weighted by molar-refractivity contribution is 5.81. The molecule has 0 bridgehead atoms. The van der Waals surface area contributed by atoms with Gasteiger partial charge in [0.15, 0.2) is 5.65 Å². The average molecular weight is 399 g/mol. The highest BCUT2D eigenvalue weighted by atomic mass is 16.2. The van der Waals surface area contributed by atoms with E-state index in [1.807, 2.05) is 38.7 Å². The normalized spacial score (nSPS) is 19.7. The molecule has 1 fully saturated rings. The van der Waals surface area contributed by atoms with Gasteiger partial charge in [0, 0.05) is 36.6 Å². The van der Waals surface area contributed by atoms with Crippen LogP contribution >= 0.6 is 0 Å². The Morgan fingerprint density at radius 3 is 2.72 bits per heavy atom. The lowest BCUT2D eigenvalue weighted by atomic mass is 9.93. The molecule has 0 radical (unpaired) electrons. The summed E-state index contributed by atoms with van der Waals surface area (Å²) in [7, 11) is 0. The maximum Gasteiger partial charge on any atom is 0.276 e. The third-order valence-corrected chi connectivity index (χ3v) is 5.95. The lowest BCUT2D eigenvalue weighted by Crippen LogP contribution is -2.44. The molecule has 1 atom stereocenters. The number of nitrogens with zero attached hydrogens (tertiary/aromatic N) is 4. The third-order valence-electron chi connectivity index (χ3n) is 5.95.